The third-order valence-electron chi connectivity index (χ3n) is 4.27. The molecule has 1 aliphatic rings. The summed E-state index contributed by atoms with van der Waals surface area (Å²) in [5.74, 6) is -1.10. The van der Waals surface area contributed by atoms with Crippen LogP contribution in [0.1, 0.15) is 18.5 Å². The molecular formula is C15H26N4O8. The Morgan fingerprint density at radius 3 is 2.74 bits per heavy atom. The van der Waals surface area contributed by atoms with Crippen LogP contribution in [-0.2, 0) is 27.2 Å². The molecule has 2 rings (SSSR count). The maximum absolute atomic E-state index is 10.7. The first-order chi connectivity index (χ1) is 12.8. The quantitative estimate of drug-likeness (QED) is 0.221. The molecule has 1 unspecified atom stereocenters. The van der Waals surface area contributed by atoms with Crippen LogP contribution in [0.15, 0.2) is 6.20 Å². The van der Waals surface area contributed by atoms with Crippen LogP contribution in [0, 0.1) is 0 Å². The molecule has 1 fully saturated rings. The van der Waals surface area contributed by atoms with Gasteiger partial charge in [-0.05, 0) is 12.8 Å². The molecule has 12 heteroatoms. The van der Waals surface area contributed by atoms with E-state index in [9.17, 15) is 20.1 Å². The SMILES string of the molecule is N[C@@H](Cc1cn(CCCCO[C@H]2C(O)O[C@H](CO)[C@@H](O)[C@@H]2O)nn1)C(=O)O. The monoisotopic (exact) mass is 390 g/mol. The number of aliphatic hydroxyl groups excluding tert-OH is 4. The molecule has 1 aromatic heterocycles. The summed E-state index contributed by atoms with van der Waals surface area (Å²) in [6.07, 6.45) is -3.42. The highest BCUT2D eigenvalue weighted by Gasteiger charge is 2.44. The number of aryl methyl sites for hydroxylation is 1. The minimum atomic E-state index is -1.45. The Morgan fingerprint density at radius 2 is 2.07 bits per heavy atom. The first-order valence-corrected chi connectivity index (χ1v) is 8.63. The molecule has 0 aromatic carbocycles. The van der Waals surface area contributed by atoms with Crippen molar-refractivity contribution in [2.75, 3.05) is 13.2 Å². The maximum atomic E-state index is 10.7. The summed E-state index contributed by atoms with van der Waals surface area (Å²) < 4.78 is 12.0. The molecule has 154 valence electrons. The summed E-state index contributed by atoms with van der Waals surface area (Å²) in [7, 11) is 0. The van der Waals surface area contributed by atoms with Gasteiger partial charge in [0.2, 0.25) is 0 Å². The molecular weight excluding hydrogens is 364 g/mol. The zero-order valence-corrected chi connectivity index (χ0v) is 14.7. The third kappa shape index (κ3) is 5.90. The zero-order valence-electron chi connectivity index (χ0n) is 14.7. The predicted molar refractivity (Wildman–Crippen MR) is 88.3 cm³/mol. The lowest BCUT2D eigenvalue weighted by Gasteiger charge is -2.39. The lowest BCUT2D eigenvalue weighted by Crippen LogP contribution is -2.59. The van der Waals surface area contributed by atoms with Crippen LogP contribution < -0.4 is 5.73 Å². The van der Waals surface area contributed by atoms with Crippen molar-refractivity contribution in [2.24, 2.45) is 5.73 Å². The van der Waals surface area contributed by atoms with Gasteiger partial charge in [0.15, 0.2) is 6.29 Å². The molecule has 0 spiro atoms. The smallest absolute Gasteiger partial charge is 0.320 e. The van der Waals surface area contributed by atoms with Crippen molar-refractivity contribution in [3.05, 3.63) is 11.9 Å². The second-order valence-corrected chi connectivity index (χ2v) is 6.39. The van der Waals surface area contributed by atoms with Crippen LogP contribution in [0.4, 0.5) is 0 Å². The summed E-state index contributed by atoms with van der Waals surface area (Å²) in [5, 5.41) is 55.1. The Balaban J connectivity index is 1.69. The normalized spacial score (nSPS) is 29.6. The highest BCUT2D eigenvalue weighted by Crippen LogP contribution is 2.22. The summed E-state index contributed by atoms with van der Waals surface area (Å²) in [5.41, 5.74) is 5.93. The van der Waals surface area contributed by atoms with E-state index in [1.807, 2.05) is 0 Å². The topological polar surface area (TPSA) is 193 Å². The third-order valence-corrected chi connectivity index (χ3v) is 4.27. The number of carboxylic acid groups (broad SMARTS) is 1. The number of aliphatic carboxylic acids is 1. The highest BCUT2D eigenvalue weighted by molar-refractivity contribution is 5.73. The van der Waals surface area contributed by atoms with Crippen LogP contribution in [-0.4, -0.2) is 96.5 Å². The number of unbranched alkanes of at least 4 members (excludes halogenated alkanes) is 1. The largest absolute Gasteiger partial charge is 0.480 e. The van der Waals surface area contributed by atoms with Crippen molar-refractivity contribution < 1.29 is 39.8 Å². The van der Waals surface area contributed by atoms with Gasteiger partial charge in [0.25, 0.3) is 0 Å². The summed E-state index contributed by atoms with van der Waals surface area (Å²) in [6.45, 7) is 0.184. The lowest BCUT2D eigenvalue weighted by molar-refractivity contribution is -0.296. The zero-order chi connectivity index (χ0) is 20.0. The number of nitrogens with two attached hydrogens (primary N) is 1. The van der Waals surface area contributed by atoms with Gasteiger partial charge in [0.1, 0.15) is 30.5 Å². The minimum absolute atomic E-state index is 0.0903. The van der Waals surface area contributed by atoms with Crippen molar-refractivity contribution >= 4 is 5.97 Å². The van der Waals surface area contributed by atoms with Gasteiger partial charge in [0.05, 0.1) is 12.3 Å². The molecule has 1 aliphatic heterocycles. The van der Waals surface area contributed by atoms with Gasteiger partial charge in [-0.3, -0.25) is 9.48 Å². The average Bonchev–Trinajstić information content (AvgIpc) is 3.07. The van der Waals surface area contributed by atoms with Crippen LogP contribution in [0.5, 0.6) is 0 Å². The number of carbonyl (C=O) groups is 1. The number of nitrogens with zero attached hydrogens (tertiary/aromatic N) is 3. The van der Waals surface area contributed by atoms with Crippen molar-refractivity contribution in [1.29, 1.82) is 0 Å². The van der Waals surface area contributed by atoms with E-state index in [4.69, 9.17) is 25.4 Å². The predicted octanol–water partition coefficient (Wildman–Crippen LogP) is -3.17. The van der Waals surface area contributed by atoms with Crippen LogP contribution in [0.2, 0.25) is 0 Å². The molecule has 0 radical (unpaired) electrons. The fourth-order valence-electron chi connectivity index (χ4n) is 2.70. The summed E-state index contributed by atoms with van der Waals surface area (Å²) in [4.78, 5) is 10.7. The number of carboxylic acids is 1. The summed E-state index contributed by atoms with van der Waals surface area (Å²) >= 11 is 0. The van der Waals surface area contributed by atoms with Gasteiger partial charge in [-0.15, -0.1) is 5.10 Å². The second kappa shape index (κ2) is 10.0. The van der Waals surface area contributed by atoms with E-state index in [-0.39, 0.29) is 13.0 Å². The molecule has 12 nitrogen and oxygen atoms in total. The van der Waals surface area contributed by atoms with Gasteiger partial charge in [0, 0.05) is 25.8 Å². The highest BCUT2D eigenvalue weighted by atomic mass is 16.7. The van der Waals surface area contributed by atoms with Gasteiger partial charge in [-0.1, -0.05) is 5.21 Å². The van der Waals surface area contributed by atoms with E-state index >= 15 is 0 Å². The number of rotatable bonds is 10. The minimum Gasteiger partial charge on any atom is -0.480 e. The molecule has 0 bridgehead atoms. The van der Waals surface area contributed by atoms with E-state index < -0.39 is 49.3 Å². The van der Waals surface area contributed by atoms with E-state index in [1.54, 1.807) is 10.9 Å². The van der Waals surface area contributed by atoms with E-state index in [2.05, 4.69) is 10.3 Å². The first kappa shape index (κ1) is 21.6. The molecule has 1 saturated heterocycles. The number of hydrogen-bond donors (Lipinski definition) is 6. The van der Waals surface area contributed by atoms with Crippen molar-refractivity contribution in [3.63, 3.8) is 0 Å². The van der Waals surface area contributed by atoms with Gasteiger partial charge >= 0.3 is 5.97 Å². The molecule has 0 saturated carbocycles. The van der Waals surface area contributed by atoms with Crippen LogP contribution in [0.3, 0.4) is 0 Å². The molecule has 1 aromatic rings. The molecule has 6 atom stereocenters. The fraction of sp³-hybridized carbons (Fsp3) is 0.800. The van der Waals surface area contributed by atoms with Crippen molar-refractivity contribution in [2.45, 2.75) is 62.6 Å². The Morgan fingerprint density at radius 1 is 1.33 bits per heavy atom. The number of hydrogen-bond acceptors (Lipinski definition) is 10. The molecule has 0 amide bonds. The lowest BCUT2D eigenvalue weighted by atomic mass is 9.99. The average molecular weight is 390 g/mol. The van der Waals surface area contributed by atoms with E-state index in [1.165, 1.54) is 0 Å². The first-order valence-electron chi connectivity index (χ1n) is 8.63. The Hall–Kier alpha value is -1.67. The molecule has 0 aliphatic carbocycles. The Labute approximate surface area is 155 Å². The van der Waals surface area contributed by atoms with Crippen molar-refractivity contribution in [3.8, 4) is 0 Å². The Kier molecular flexibility index (Phi) is 8.04. The summed E-state index contributed by atoms with van der Waals surface area (Å²) in [6, 6.07) is -1.03. The maximum Gasteiger partial charge on any atom is 0.320 e. The van der Waals surface area contributed by atoms with Crippen molar-refractivity contribution in [1.82, 2.24) is 15.0 Å². The van der Waals surface area contributed by atoms with E-state index in [0.717, 1.165) is 0 Å². The van der Waals surface area contributed by atoms with Gasteiger partial charge in [-0.2, -0.15) is 0 Å². The molecule has 2 heterocycles. The Bertz CT molecular complexity index is 600. The van der Waals surface area contributed by atoms with E-state index in [0.29, 0.717) is 25.1 Å². The fourth-order valence-corrected chi connectivity index (χ4v) is 2.70. The number of ether oxygens (including phenoxy) is 2. The van der Waals surface area contributed by atoms with Crippen LogP contribution >= 0.6 is 0 Å². The van der Waals surface area contributed by atoms with Gasteiger partial charge < -0.3 is 40.7 Å². The molecule has 7 N–H and O–H groups in total. The molecule has 27 heavy (non-hydrogen) atoms. The van der Waals surface area contributed by atoms with Gasteiger partial charge in [-0.25, -0.2) is 0 Å². The number of aromatic nitrogens is 3. The van der Waals surface area contributed by atoms with Crippen LogP contribution in [0.25, 0.3) is 0 Å². The second-order valence-electron chi connectivity index (χ2n) is 6.39. The number of aliphatic hydroxyl groups is 4. The standard InChI is InChI=1S/C15H26N4O8/c16-9(14(23)24)5-8-6-19(18-17-8)3-1-2-4-26-13-12(22)11(21)10(7-20)27-15(13)25/h6,9-13,15,20-22,25H,1-5,7,16H2,(H,23,24)/t9-,10+,11+,12-,13+,15?/m0/s1.